The Morgan fingerprint density at radius 3 is 2.50 bits per heavy atom. The van der Waals surface area contributed by atoms with Crippen molar-refractivity contribution in [3.63, 3.8) is 0 Å². The average molecular weight is 465 g/mol. The molecule has 0 bridgehead atoms. The number of hydrogen-bond donors (Lipinski definition) is 2. The minimum Gasteiger partial charge on any atom is -0.381 e. The summed E-state index contributed by atoms with van der Waals surface area (Å²) in [5.41, 5.74) is 2.77. The SMILES string of the molecule is CC(C)c1cc(C(=O)N2CCC3(CC2)C[C@H]3C(=O)NCC2(c3ccccc3)CCOCC2)n[nH]1. The van der Waals surface area contributed by atoms with Gasteiger partial charge in [-0.3, -0.25) is 14.7 Å². The van der Waals surface area contributed by atoms with Crippen LogP contribution in [0.3, 0.4) is 0 Å². The maximum atomic E-state index is 13.2. The van der Waals surface area contributed by atoms with Crippen LogP contribution in [0, 0.1) is 11.3 Å². The Hall–Kier alpha value is -2.67. The summed E-state index contributed by atoms with van der Waals surface area (Å²) in [7, 11) is 0. The first-order valence-corrected chi connectivity index (χ1v) is 12.7. The molecule has 182 valence electrons. The van der Waals surface area contributed by atoms with E-state index in [-0.39, 0.29) is 28.6 Å². The van der Waals surface area contributed by atoms with Crippen molar-refractivity contribution in [3.05, 3.63) is 53.3 Å². The second kappa shape index (κ2) is 9.17. The molecule has 1 atom stereocenters. The maximum absolute atomic E-state index is 13.2. The van der Waals surface area contributed by atoms with Crippen molar-refractivity contribution in [1.82, 2.24) is 20.4 Å². The molecule has 0 unspecified atom stereocenters. The number of piperidine rings is 1. The van der Waals surface area contributed by atoms with E-state index in [1.54, 1.807) is 0 Å². The van der Waals surface area contributed by atoms with Crippen molar-refractivity contribution in [2.75, 3.05) is 32.8 Å². The van der Waals surface area contributed by atoms with Crippen LogP contribution in [0.15, 0.2) is 36.4 Å². The molecule has 1 spiro atoms. The summed E-state index contributed by atoms with van der Waals surface area (Å²) in [5.74, 6) is 0.543. The monoisotopic (exact) mass is 464 g/mol. The van der Waals surface area contributed by atoms with Gasteiger partial charge in [-0.05, 0) is 55.1 Å². The number of nitrogens with one attached hydrogen (secondary N) is 2. The highest BCUT2D eigenvalue weighted by molar-refractivity contribution is 5.92. The Kier molecular flexibility index (Phi) is 6.23. The number of amides is 2. The van der Waals surface area contributed by atoms with E-state index in [1.807, 2.05) is 17.0 Å². The molecule has 2 aromatic rings. The Morgan fingerprint density at radius 1 is 1.15 bits per heavy atom. The lowest BCUT2D eigenvalue weighted by atomic mass is 9.74. The third-order valence-corrected chi connectivity index (χ3v) is 8.43. The molecule has 3 aliphatic rings. The number of nitrogens with zero attached hydrogens (tertiary/aromatic N) is 2. The zero-order chi connectivity index (χ0) is 23.8. The molecule has 2 aliphatic heterocycles. The number of hydrogen-bond acceptors (Lipinski definition) is 4. The summed E-state index contributed by atoms with van der Waals surface area (Å²) in [6.45, 7) is 7.67. The number of ether oxygens (including phenoxy) is 1. The van der Waals surface area contributed by atoms with Crippen molar-refractivity contribution in [3.8, 4) is 0 Å². The zero-order valence-corrected chi connectivity index (χ0v) is 20.3. The Balaban J connectivity index is 1.16. The molecule has 1 saturated carbocycles. The summed E-state index contributed by atoms with van der Waals surface area (Å²) in [6.07, 6.45) is 4.56. The van der Waals surface area contributed by atoms with Crippen LogP contribution in [-0.4, -0.2) is 59.8 Å². The lowest BCUT2D eigenvalue weighted by Crippen LogP contribution is -2.46. The van der Waals surface area contributed by atoms with E-state index < -0.39 is 0 Å². The van der Waals surface area contributed by atoms with Gasteiger partial charge in [0.2, 0.25) is 5.91 Å². The Labute approximate surface area is 201 Å². The highest BCUT2D eigenvalue weighted by Crippen LogP contribution is 2.59. The van der Waals surface area contributed by atoms with Crippen molar-refractivity contribution in [2.45, 2.75) is 57.3 Å². The highest BCUT2D eigenvalue weighted by atomic mass is 16.5. The van der Waals surface area contributed by atoms with Gasteiger partial charge in [0.1, 0.15) is 5.69 Å². The smallest absolute Gasteiger partial charge is 0.274 e. The van der Waals surface area contributed by atoms with Gasteiger partial charge in [0.25, 0.3) is 5.91 Å². The number of carbonyl (C=O) groups excluding carboxylic acids is 2. The Bertz CT molecular complexity index is 1020. The van der Waals surface area contributed by atoms with Crippen molar-refractivity contribution < 1.29 is 14.3 Å². The lowest BCUT2D eigenvalue weighted by molar-refractivity contribution is -0.123. The molecule has 2 amide bonds. The van der Waals surface area contributed by atoms with Crippen LogP contribution in [0.25, 0.3) is 0 Å². The molecule has 5 rings (SSSR count). The molecule has 34 heavy (non-hydrogen) atoms. The maximum Gasteiger partial charge on any atom is 0.274 e. The molecule has 7 nitrogen and oxygen atoms in total. The van der Waals surface area contributed by atoms with Crippen LogP contribution in [0.1, 0.15) is 73.6 Å². The normalized spacial score (nSPS) is 23.1. The van der Waals surface area contributed by atoms with Crippen LogP contribution in [0.2, 0.25) is 0 Å². The number of aromatic amines is 1. The van der Waals surface area contributed by atoms with E-state index in [0.717, 1.165) is 51.0 Å². The minimum atomic E-state index is -0.0502. The van der Waals surface area contributed by atoms with Gasteiger partial charge >= 0.3 is 0 Å². The number of H-pyrrole nitrogens is 1. The second-order valence-corrected chi connectivity index (χ2v) is 10.8. The van der Waals surface area contributed by atoms with Crippen molar-refractivity contribution in [1.29, 1.82) is 0 Å². The number of rotatable bonds is 6. The fourth-order valence-electron chi connectivity index (χ4n) is 5.83. The van der Waals surface area contributed by atoms with E-state index >= 15 is 0 Å². The lowest BCUT2D eigenvalue weighted by Gasteiger charge is -2.38. The first-order valence-electron chi connectivity index (χ1n) is 12.7. The summed E-state index contributed by atoms with van der Waals surface area (Å²) < 4.78 is 5.63. The average Bonchev–Trinajstić information content (AvgIpc) is 3.33. The fourth-order valence-corrected chi connectivity index (χ4v) is 5.83. The summed E-state index contributed by atoms with van der Waals surface area (Å²) in [4.78, 5) is 27.9. The topological polar surface area (TPSA) is 87.3 Å². The predicted molar refractivity (Wildman–Crippen MR) is 130 cm³/mol. The quantitative estimate of drug-likeness (QED) is 0.683. The third kappa shape index (κ3) is 4.38. The van der Waals surface area contributed by atoms with Crippen LogP contribution in [0.5, 0.6) is 0 Å². The molecule has 1 aromatic carbocycles. The number of likely N-dealkylation sites (tertiary alicyclic amines) is 1. The Morgan fingerprint density at radius 2 is 1.85 bits per heavy atom. The van der Waals surface area contributed by atoms with Gasteiger partial charge in [0.05, 0.1) is 0 Å². The molecule has 0 radical (unpaired) electrons. The first kappa shape index (κ1) is 23.1. The first-order chi connectivity index (χ1) is 16.4. The van der Waals surface area contributed by atoms with Crippen molar-refractivity contribution in [2.24, 2.45) is 11.3 Å². The molecule has 7 heteroatoms. The molecule has 3 heterocycles. The van der Waals surface area contributed by atoms with E-state index in [9.17, 15) is 9.59 Å². The number of benzene rings is 1. The van der Waals surface area contributed by atoms with Gasteiger partial charge in [-0.2, -0.15) is 5.10 Å². The minimum absolute atomic E-state index is 0.0102. The predicted octanol–water partition coefficient (Wildman–Crippen LogP) is 3.64. The largest absolute Gasteiger partial charge is 0.381 e. The highest BCUT2D eigenvalue weighted by Gasteiger charge is 2.59. The van der Waals surface area contributed by atoms with Gasteiger partial charge in [-0.15, -0.1) is 0 Å². The second-order valence-electron chi connectivity index (χ2n) is 10.8. The van der Waals surface area contributed by atoms with Crippen LogP contribution >= 0.6 is 0 Å². The van der Waals surface area contributed by atoms with Gasteiger partial charge in [0, 0.05) is 49.9 Å². The molecule has 2 N–H and O–H groups in total. The zero-order valence-electron chi connectivity index (χ0n) is 20.3. The number of aromatic nitrogens is 2. The van der Waals surface area contributed by atoms with Gasteiger partial charge < -0.3 is 15.0 Å². The summed E-state index contributed by atoms with van der Waals surface area (Å²) in [5, 5.41) is 10.5. The molecular formula is C27H36N4O3. The van der Waals surface area contributed by atoms with E-state index in [2.05, 4.69) is 53.6 Å². The van der Waals surface area contributed by atoms with E-state index in [0.29, 0.717) is 31.2 Å². The molecule has 1 aliphatic carbocycles. The molecular weight excluding hydrogens is 428 g/mol. The molecule has 1 aromatic heterocycles. The van der Waals surface area contributed by atoms with Gasteiger partial charge in [0.15, 0.2) is 0 Å². The number of carbonyl (C=O) groups is 2. The summed E-state index contributed by atoms with van der Waals surface area (Å²) >= 11 is 0. The third-order valence-electron chi connectivity index (χ3n) is 8.43. The summed E-state index contributed by atoms with van der Waals surface area (Å²) in [6, 6.07) is 12.4. The van der Waals surface area contributed by atoms with Crippen LogP contribution in [0.4, 0.5) is 0 Å². The van der Waals surface area contributed by atoms with E-state index in [4.69, 9.17) is 4.74 Å². The standard InChI is InChI=1S/C27H36N4O3/c1-19(2)22-16-23(30-29-22)25(33)31-12-8-26(9-13-31)17-21(26)24(32)28-18-27(10-14-34-15-11-27)20-6-4-3-5-7-20/h3-7,16,19,21H,8-15,17-18H2,1-2H3,(H,28,32)(H,29,30)/t21-/m0/s1. The molecule has 3 fully saturated rings. The van der Waals surface area contributed by atoms with Gasteiger partial charge in [-0.1, -0.05) is 44.2 Å². The van der Waals surface area contributed by atoms with Crippen LogP contribution in [-0.2, 0) is 14.9 Å². The van der Waals surface area contributed by atoms with E-state index in [1.165, 1.54) is 5.56 Å². The van der Waals surface area contributed by atoms with Crippen LogP contribution < -0.4 is 5.32 Å². The van der Waals surface area contributed by atoms with Crippen molar-refractivity contribution >= 4 is 11.8 Å². The molecule has 2 saturated heterocycles. The fraction of sp³-hybridized carbons (Fsp3) is 0.593. The van der Waals surface area contributed by atoms with Gasteiger partial charge in [-0.25, -0.2) is 0 Å².